The minimum Gasteiger partial charge on any atom is -0.277 e. The molecule has 60 valence electrons. The van der Waals surface area contributed by atoms with Crippen molar-refractivity contribution in [2.75, 3.05) is 6.61 Å². The molecular weight excluding hydrogens is 126 g/mol. The van der Waals surface area contributed by atoms with Gasteiger partial charge in [-0.3, -0.25) is 10.3 Å². The molecule has 0 rings (SSSR count). The lowest BCUT2D eigenvalue weighted by atomic mass is 10.4. The first-order chi connectivity index (χ1) is 4.91. The molecule has 0 bridgehead atoms. The fourth-order valence-electron chi connectivity index (χ4n) is 0.490. The van der Waals surface area contributed by atoms with Gasteiger partial charge in [0.1, 0.15) is 0 Å². The monoisotopic (exact) mass is 143 g/mol. The maximum Gasteiger partial charge on any atom is 0.0745 e. The van der Waals surface area contributed by atoms with E-state index in [0.717, 1.165) is 19.4 Å². The Kier molecular flexibility index (Phi) is 8.07. The number of nitrogens with one attached hydrogen (secondary N) is 1. The molecule has 2 heteroatoms. The van der Waals surface area contributed by atoms with Gasteiger partial charge in [0.25, 0.3) is 0 Å². The van der Waals surface area contributed by atoms with E-state index in [0.29, 0.717) is 0 Å². The Labute approximate surface area is 63.2 Å². The summed E-state index contributed by atoms with van der Waals surface area (Å²) >= 11 is 0. The van der Waals surface area contributed by atoms with Crippen molar-refractivity contribution < 1.29 is 4.84 Å². The minimum atomic E-state index is 0.796. The molecule has 0 aliphatic carbocycles. The van der Waals surface area contributed by atoms with Crippen LogP contribution in [-0.4, -0.2) is 6.61 Å². The van der Waals surface area contributed by atoms with Crippen LogP contribution in [-0.2, 0) is 4.84 Å². The summed E-state index contributed by atoms with van der Waals surface area (Å²) in [4.78, 5) is 5.04. The van der Waals surface area contributed by atoms with E-state index in [1.165, 1.54) is 6.42 Å². The standard InChI is InChI=1S/C8H17NO/c1-3-5-7-9-10-8-6-4-2/h5,7,9H,3-4,6,8H2,1-2H3/b7-5+. The molecule has 0 radical (unpaired) electrons. The van der Waals surface area contributed by atoms with E-state index < -0.39 is 0 Å². The van der Waals surface area contributed by atoms with Gasteiger partial charge >= 0.3 is 0 Å². The van der Waals surface area contributed by atoms with E-state index in [2.05, 4.69) is 19.3 Å². The first-order valence-electron chi connectivity index (χ1n) is 3.94. The Hall–Kier alpha value is -0.500. The molecule has 0 aliphatic heterocycles. The number of hydrogen-bond acceptors (Lipinski definition) is 2. The van der Waals surface area contributed by atoms with Crippen LogP contribution in [0.3, 0.4) is 0 Å². The molecule has 1 N–H and O–H groups in total. The SMILES string of the molecule is CC/C=C/NOCCCC. The number of rotatable bonds is 6. The zero-order valence-electron chi connectivity index (χ0n) is 6.89. The zero-order valence-corrected chi connectivity index (χ0v) is 6.89. The van der Waals surface area contributed by atoms with Crippen molar-refractivity contribution in [1.29, 1.82) is 0 Å². The van der Waals surface area contributed by atoms with Gasteiger partial charge in [-0.15, -0.1) is 0 Å². The van der Waals surface area contributed by atoms with Crippen LogP contribution in [0.15, 0.2) is 12.3 Å². The summed E-state index contributed by atoms with van der Waals surface area (Å²) in [5.41, 5.74) is 2.74. The van der Waals surface area contributed by atoms with Crippen molar-refractivity contribution in [2.45, 2.75) is 33.1 Å². The molecule has 0 saturated heterocycles. The van der Waals surface area contributed by atoms with E-state index >= 15 is 0 Å². The summed E-state index contributed by atoms with van der Waals surface area (Å²) in [5, 5.41) is 0. The average molecular weight is 143 g/mol. The fraction of sp³-hybridized carbons (Fsp3) is 0.750. The quantitative estimate of drug-likeness (QED) is 0.455. The molecule has 0 aromatic heterocycles. The molecule has 0 aromatic rings. The van der Waals surface area contributed by atoms with Crippen molar-refractivity contribution in [2.24, 2.45) is 0 Å². The first-order valence-corrected chi connectivity index (χ1v) is 3.94. The molecule has 0 unspecified atom stereocenters. The van der Waals surface area contributed by atoms with E-state index in [1.54, 1.807) is 0 Å². The molecule has 0 aliphatic rings. The Morgan fingerprint density at radius 2 is 2.20 bits per heavy atom. The molecule has 2 nitrogen and oxygen atoms in total. The second-order valence-electron chi connectivity index (χ2n) is 2.13. The van der Waals surface area contributed by atoms with Gasteiger partial charge in [-0.05, 0) is 12.8 Å². The smallest absolute Gasteiger partial charge is 0.0745 e. The summed E-state index contributed by atoms with van der Waals surface area (Å²) in [6.07, 6.45) is 7.19. The van der Waals surface area contributed by atoms with Gasteiger partial charge in [0.05, 0.1) is 6.61 Å². The molecule has 0 heterocycles. The largest absolute Gasteiger partial charge is 0.277 e. The van der Waals surface area contributed by atoms with Crippen LogP contribution in [0.2, 0.25) is 0 Å². The third-order valence-corrected chi connectivity index (χ3v) is 1.10. The van der Waals surface area contributed by atoms with Crippen LogP contribution in [0.25, 0.3) is 0 Å². The lowest BCUT2D eigenvalue weighted by molar-refractivity contribution is 0.0689. The van der Waals surface area contributed by atoms with E-state index in [4.69, 9.17) is 4.84 Å². The number of allylic oxidation sites excluding steroid dienone is 1. The second-order valence-corrected chi connectivity index (χ2v) is 2.13. The number of hydroxylamine groups is 1. The lowest BCUT2D eigenvalue weighted by Crippen LogP contribution is -2.06. The highest BCUT2D eigenvalue weighted by Crippen LogP contribution is 1.85. The maximum absolute atomic E-state index is 5.04. The van der Waals surface area contributed by atoms with E-state index in [1.807, 2.05) is 12.3 Å². The Balaban J connectivity index is 2.83. The Morgan fingerprint density at radius 1 is 1.40 bits per heavy atom. The Morgan fingerprint density at radius 3 is 2.80 bits per heavy atom. The summed E-state index contributed by atoms with van der Waals surface area (Å²) in [7, 11) is 0. The molecular formula is C8H17NO. The highest BCUT2D eigenvalue weighted by molar-refractivity contribution is 4.73. The van der Waals surface area contributed by atoms with Crippen LogP contribution in [0.1, 0.15) is 33.1 Å². The topological polar surface area (TPSA) is 21.3 Å². The molecule has 0 spiro atoms. The third kappa shape index (κ3) is 7.50. The summed E-state index contributed by atoms with van der Waals surface area (Å²) < 4.78 is 0. The molecule has 10 heavy (non-hydrogen) atoms. The summed E-state index contributed by atoms with van der Waals surface area (Å²) in [6, 6.07) is 0. The van der Waals surface area contributed by atoms with Crippen molar-refractivity contribution in [3.63, 3.8) is 0 Å². The summed E-state index contributed by atoms with van der Waals surface area (Å²) in [6.45, 7) is 5.03. The van der Waals surface area contributed by atoms with Crippen molar-refractivity contribution in [1.82, 2.24) is 5.48 Å². The van der Waals surface area contributed by atoms with Gasteiger partial charge < -0.3 is 0 Å². The third-order valence-electron chi connectivity index (χ3n) is 1.10. The zero-order chi connectivity index (χ0) is 7.66. The van der Waals surface area contributed by atoms with Crippen LogP contribution >= 0.6 is 0 Å². The molecule has 0 fully saturated rings. The minimum absolute atomic E-state index is 0.796. The Bertz CT molecular complexity index is 81.3. The number of hydrogen-bond donors (Lipinski definition) is 1. The van der Waals surface area contributed by atoms with Crippen molar-refractivity contribution in [3.05, 3.63) is 12.3 Å². The van der Waals surface area contributed by atoms with Crippen LogP contribution in [0.4, 0.5) is 0 Å². The molecule has 0 atom stereocenters. The molecule has 0 amide bonds. The van der Waals surface area contributed by atoms with Crippen LogP contribution < -0.4 is 5.48 Å². The van der Waals surface area contributed by atoms with Gasteiger partial charge in [-0.1, -0.05) is 26.3 Å². The molecule has 0 aromatic carbocycles. The summed E-state index contributed by atoms with van der Waals surface area (Å²) in [5.74, 6) is 0. The van der Waals surface area contributed by atoms with E-state index in [-0.39, 0.29) is 0 Å². The van der Waals surface area contributed by atoms with Gasteiger partial charge in [0, 0.05) is 6.20 Å². The van der Waals surface area contributed by atoms with Crippen molar-refractivity contribution >= 4 is 0 Å². The van der Waals surface area contributed by atoms with Gasteiger partial charge in [-0.25, -0.2) is 0 Å². The van der Waals surface area contributed by atoms with Gasteiger partial charge in [0.15, 0.2) is 0 Å². The van der Waals surface area contributed by atoms with Gasteiger partial charge in [0.2, 0.25) is 0 Å². The molecule has 0 saturated carbocycles. The first kappa shape index (κ1) is 9.50. The van der Waals surface area contributed by atoms with E-state index in [9.17, 15) is 0 Å². The predicted molar refractivity (Wildman–Crippen MR) is 43.4 cm³/mol. The lowest BCUT2D eigenvalue weighted by Gasteiger charge is -1.99. The second kappa shape index (κ2) is 8.50. The van der Waals surface area contributed by atoms with Crippen LogP contribution in [0, 0.1) is 0 Å². The predicted octanol–water partition coefficient (Wildman–Crippen LogP) is 2.23. The normalized spacial score (nSPS) is 10.6. The maximum atomic E-state index is 5.04. The highest BCUT2D eigenvalue weighted by Gasteiger charge is 1.80. The van der Waals surface area contributed by atoms with Crippen LogP contribution in [0.5, 0.6) is 0 Å². The highest BCUT2D eigenvalue weighted by atomic mass is 16.6. The van der Waals surface area contributed by atoms with Gasteiger partial charge in [-0.2, -0.15) is 0 Å². The van der Waals surface area contributed by atoms with Crippen molar-refractivity contribution in [3.8, 4) is 0 Å². The number of unbranched alkanes of at least 4 members (excludes halogenated alkanes) is 1. The average Bonchev–Trinajstić information content (AvgIpc) is 1.97. The fourth-order valence-corrected chi connectivity index (χ4v) is 0.490.